The molecule has 0 aliphatic rings. The van der Waals surface area contributed by atoms with Crippen molar-refractivity contribution in [2.75, 3.05) is 7.11 Å². The average Bonchev–Trinajstić information content (AvgIpc) is 2.74. The van der Waals surface area contributed by atoms with E-state index in [0.717, 1.165) is 49.8 Å². The Bertz CT molecular complexity index is 713. The molecule has 3 nitrogen and oxygen atoms in total. The molecular weight excluding hydrogens is 348 g/mol. The van der Waals surface area contributed by atoms with Crippen molar-refractivity contribution in [1.82, 2.24) is 0 Å². The van der Waals surface area contributed by atoms with Crippen molar-refractivity contribution in [3.63, 3.8) is 0 Å². The third-order valence-electron chi connectivity index (χ3n) is 4.68. The molecular formula is C25H32O3. The smallest absolute Gasteiger partial charge is 0.140 e. The van der Waals surface area contributed by atoms with E-state index in [9.17, 15) is 5.11 Å². The highest BCUT2D eigenvalue weighted by molar-refractivity contribution is 5.26. The number of aliphatic hydroxyl groups excluding tert-OH is 1. The normalized spacial score (nSPS) is 12.7. The molecule has 2 aromatic rings. The maximum Gasteiger partial charge on any atom is 0.140 e. The van der Waals surface area contributed by atoms with E-state index in [0.29, 0.717) is 6.61 Å². The van der Waals surface area contributed by atoms with Gasteiger partial charge in [-0.2, -0.15) is 0 Å². The molecule has 0 fully saturated rings. The molecule has 0 aliphatic carbocycles. The van der Waals surface area contributed by atoms with E-state index >= 15 is 0 Å². The lowest BCUT2D eigenvalue weighted by Gasteiger charge is -2.20. The van der Waals surface area contributed by atoms with Crippen molar-refractivity contribution >= 4 is 0 Å². The second kappa shape index (κ2) is 13.0. The predicted octanol–water partition coefficient (Wildman–Crippen LogP) is 5.16. The van der Waals surface area contributed by atoms with Gasteiger partial charge in [-0.15, -0.1) is 5.92 Å². The second-order valence-electron chi connectivity index (χ2n) is 6.94. The lowest BCUT2D eigenvalue weighted by atomic mass is 10.1. The lowest BCUT2D eigenvalue weighted by molar-refractivity contribution is -0.0284. The SMILES string of the molecule is CCCC[C@H](OCc1ccc(OC)cc1)[C@@H](O)C#CCCCc1ccccc1. The van der Waals surface area contributed by atoms with Crippen molar-refractivity contribution in [2.24, 2.45) is 0 Å². The second-order valence-corrected chi connectivity index (χ2v) is 6.94. The van der Waals surface area contributed by atoms with E-state index in [1.807, 2.05) is 30.3 Å². The Morgan fingerprint density at radius 1 is 0.964 bits per heavy atom. The quantitative estimate of drug-likeness (QED) is 0.432. The molecule has 0 aromatic heterocycles. The molecule has 2 atom stereocenters. The van der Waals surface area contributed by atoms with Gasteiger partial charge in [0, 0.05) is 6.42 Å². The number of ether oxygens (including phenoxy) is 2. The van der Waals surface area contributed by atoms with Crippen molar-refractivity contribution in [2.45, 2.75) is 64.3 Å². The number of unbranched alkanes of at least 4 members (excludes halogenated alkanes) is 2. The molecule has 28 heavy (non-hydrogen) atoms. The zero-order valence-electron chi connectivity index (χ0n) is 17.1. The van der Waals surface area contributed by atoms with Gasteiger partial charge in [-0.05, 0) is 42.5 Å². The average molecular weight is 381 g/mol. The van der Waals surface area contributed by atoms with Crippen LogP contribution in [-0.4, -0.2) is 24.4 Å². The summed E-state index contributed by atoms with van der Waals surface area (Å²) in [5, 5.41) is 10.5. The van der Waals surface area contributed by atoms with Crippen LogP contribution in [0.5, 0.6) is 5.75 Å². The number of hydrogen-bond acceptors (Lipinski definition) is 3. The summed E-state index contributed by atoms with van der Waals surface area (Å²) < 4.78 is 11.2. The molecule has 0 saturated carbocycles. The first-order valence-corrected chi connectivity index (χ1v) is 10.2. The minimum Gasteiger partial charge on any atom is -0.497 e. The zero-order chi connectivity index (χ0) is 20.0. The highest BCUT2D eigenvalue weighted by Gasteiger charge is 2.17. The molecule has 0 spiro atoms. The van der Waals surface area contributed by atoms with Gasteiger partial charge in [0.15, 0.2) is 0 Å². The fourth-order valence-electron chi connectivity index (χ4n) is 2.96. The molecule has 0 bridgehead atoms. The van der Waals surface area contributed by atoms with Gasteiger partial charge in [-0.1, -0.05) is 68.2 Å². The van der Waals surface area contributed by atoms with Crippen LogP contribution in [0.1, 0.15) is 50.2 Å². The first-order valence-electron chi connectivity index (χ1n) is 10.2. The zero-order valence-corrected chi connectivity index (χ0v) is 17.1. The van der Waals surface area contributed by atoms with Gasteiger partial charge in [0.05, 0.1) is 19.8 Å². The Morgan fingerprint density at radius 3 is 2.39 bits per heavy atom. The highest BCUT2D eigenvalue weighted by Crippen LogP contribution is 2.16. The van der Waals surface area contributed by atoms with Crippen LogP contribution in [0.3, 0.4) is 0 Å². The minimum atomic E-state index is -0.749. The number of methoxy groups -OCH3 is 1. The van der Waals surface area contributed by atoms with Crippen molar-refractivity contribution in [1.29, 1.82) is 0 Å². The van der Waals surface area contributed by atoms with Gasteiger partial charge < -0.3 is 14.6 Å². The first kappa shape index (κ1) is 22.0. The summed E-state index contributed by atoms with van der Waals surface area (Å²) in [5.41, 5.74) is 2.39. The Labute approximate surface area is 169 Å². The molecule has 0 saturated heterocycles. The Balaban J connectivity index is 1.81. The number of aliphatic hydroxyl groups is 1. The van der Waals surface area contributed by atoms with Gasteiger partial charge in [-0.3, -0.25) is 0 Å². The highest BCUT2D eigenvalue weighted by atomic mass is 16.5. The van der Waals surface area contributed by atoms with Crippen LogP contribution in [-0.2, 0) is 17.8 Å². The fourth-order valence-corrected chi connectivity index (χ4v) is 2.96. The third kappa shape index (κ3) is 8.17. The summed E-state index contributed by atoms with van der Waals surface area (Å²) in [6, 6.07) is 18.2. The summed E-state index contributed by atoms with van der Waals surface area (Å²) >= 11 is 0. The predicted molar refractivity (Wildman–Crippen MR) is 114 cm³/mol. The van der Waals surface area contributed by atoms with Crippen LogP contribution in [0.15, 0.2) is 54.6 Å². The van der Waals surface area contributed by atoms with Crippen molar-refractivity contribution in [3.05, 3.63) is 65.7 Å². The Morgan fingerprint density at radius 2 is 1.71 bits per heavy atom. The molecule has 150 valence electrons. The molecule has 0 aliphatic heterocycles. The molecule has 3 heteroatoms. The van der Waals surface area contributed by atoms with E-state index in [1.54, 1.807) is 7.11 Å². The van der Waals surface area contributed by atoms with E-state index in [2.05, 4.69) is 43.0 Å². The van der Waals surface area contributed by atoms with E-state index in [1.165, 1.54) is 5.56 Å². The van der Waals surface area contributed by atoms with E-state index in [4.69, 9.17) is 9.47 Å². The molecule has 0 radical (unpaired) electrons. The minimum absolute atomic E-state index is 0.260. The van der Waals surface area contributed by atoms with E-state index in [-0.39, 0.29) is 6.10 Å². The summed E-state index contributed by atoms with van der Waals surface area (Å²) in [4.78, 5) is 0. The third-order valence-corrected chi connectivity index (χ3v) is 4.68. The largest absolute Gasteiger partial charge is 0.497 e. The van der Waals surface area contributed by atoms with Gasteiger partial charge in [-0.25, -0.2) is 0 Å². The standard InChI is InChI=1S/C25H32O3/c1-3-4-15-25(28-20-22-16-18-23(27-2)19-17-22)24(26)14-10-6-9-13-21-11-7-5-8-12-21/h5,7-8,11-12,16-19,24-26H,3-4,6,9,13,15,20H2,1-2H3/t24-,25-/m0/s1. The first-order chi connectivity index (χ1) is 13.7. The summed E-state index contributed by atoms with van der Waals surface area (Å²) in [7, 11) is 1.65. The van der Waals surface area contributed by atoms with Gasteiger partial charge in [0.25, 0.3) is 0 Å². The molecule has 0 heterocycles. The van der Waals surface area contributed by atoms with Crippen molar-refractivity contribution in [3.8, 4) is 17.6 Å². The number of aryl methyl sites for hydroxylation is 1. The van der Waals surface area contributed by atoms with Crippen LogP contribution >= 0.6 is 0 Å². The Kier molecular flexibility index (Phi) is 10.2. The van der Waals surface area contributed by atoms with Crippen LogP contribution in [0.4, 0.5) is 0 Å². The van der Waals surface area contributed by atoms with Gasteiger partial charge in [0.1, 0.15) is 11.9 Å². The van der Waals surface area contributed by atoms with Crippen LogP contribution in [0.25, 0.3) is 0 Å². The summed E-state index contributed by atoms with van der Waals surface area (Å²) in [5.74, 6) is 6.95. The van der Waals surface area contributed by atoms with Crippen LogP contribution in [0, 0.1) is 11.8 Å². The monoisotopic (exact) mass is 380 g/mol. The fraction of sp³-hybridized carbons (Fsp3) is 0.440. The van der Waals surface area contributed by atoms with Gasteiger partial charge >= 0.3 is 0 Å². The Hall–Kier alpha value is -2.28. The van der Waals surface area contributed by atoms with Gasteiger partial charge in [0.2, 0.25) is 0 Å². The van der Waals surface area contributed by atoms with E-state index < -0.39 is 6.10 Å². The molecule has 1 N–H and O–H groups in total. The van der Waals surface area contributed by atoms with Crippen LogP contribution < -0.4 is 4.74 Å². The number of rotatable bonds is 11. The summed E-state index contributed by atoms with van der Waals surface area (Å²) in [6.45, 7) is 2.60. The maximum atomic E-state index is 10.5. The van der Waals surface area contributed by atoms with Crippen molar-refractivity contribution < 1.29 is 14.6 Å². The molecule has 2 aromatic carbocycles. The maximum absolute atomic E-state index is 10.5. The topological polar surface area (TPSA) is 38.7 Å². The number of benzene rings is 2. The number of hydrogen-bond donors (Lipinski definition) is 1. The molecule has 0 unspecified atom stereocenters. The molecule has 0 amide bonds. The lowest BCUT2D eigenvalue weighted by Crippen LogP contribution is -2.27. The molecule has 2 rings (SSSR count). The summed E-state index contributed by atoms with van der Waals surface area (Å²) in [6.07, 6.45) is 4.68. The van der Waals surface area contributed by atoms with Crippen LogP contribution in [0.2, 0.25) is 0 Å².